The van der Waals surface area contributed by atoms with Crippen LogP contribution >= 0.6 is 12.2 Å². The third-order valence-electron chi connectivity index (χ3n) is 2.62. The van der Waals surface area contributed by atoms with E-state index in [1.165, 1.54) is 12.1 Å². The first kappa shape index (κ1) is 14.1. The number of hydrogen-bond donors (Lipinski definition) is 1. The number of benzene rings is 1. The van der Waals surface area contributed by atoms with Crippen LogP contribution in [-0.2, 0) is 6.42 Å². The third-order valence-corrected chi connectivity index (χ3v) is 2.88. The van der Waals surface area contributed by atoms with E-state index in [-0.39, 0.29) is 5.69 Å². The van der Waals surface area contributed by atoms with Crippen molar-refractivity contribution < 1.29 is 4.92 Å². The van der Waals surface area contributed by atoms with E-state index in [4.69, 9.17) is 12.2 Å². The average molecular weight is 291 g/mol. The highest BCUT2D eigenvalue weighted by Gasteiger charge is 2.04. The van der Waals surface area contributed by atoms with Gasteiger partial charge in [0.05, 0.1) is 11.1 Å². The molecular formula is C12H13N5O2S. The Kier molecular flexibility index (Phi) is 4.36. The molecule has 7 nitrogen and oxygen atoms in total. The number of H-pyrrole nitrogens is 1. The van der Waals surface area contributed by atoms with Gasteiger partial charge in [0, 0.05) is 18.6 Å². The summed E-state index contributed by atoms with van der Waals surface area (Å²) in [6.07, 6.45) is 3.30. The number of rotatable bonds is 5. The van der Waals surface area contributed by atoms with E-state index in [0.717, 1.165) is 24.2 Å². The van der Waals surface area contributed by atoms with Crippen LogP contribution in [0.2, 0.25) is 0 Å². The lowest BCUT2D eigenvalue weighted by molar-refractivity contribution is -0.384. The van der Waals surface area contributed by atoms with Crippen molar-refractivity contribution >= 4 is 24.1 Å². The van der Waals surface area contributed by atoms with E-state index in [9.17, 15) is 10.1 Å². The number of aromatic nitrogens is 3. The van der Waals surface area contributed by atoms with Crippen LogP contribution in [0, 0.1) is 14.9 Å². The van der Waals surface area contributed by atoms with Gasteiger partial charge in [0.25, 0.3) is 5.69 Å². The van der Waals surface area contributed by atoms with Crippen LogP contribution in [0.15, 0.2) is 29.4 Å². The average Bonchev–Trinajstić information content (AvgIpc) is 2.78. The Morgan fingerprint density at radius 3 is 2.80 bits per heavy atom. The minimum absolute atomic E-state index is 0.0498. The molecule has 2 rings (SSSR count). The molecule has 0 saturated carbocycles. The zero-order chi connectivity index (χ0) is 14.5. The number of nitro groups is 1. The summed E-state index contributed by atoms with van der Waals surface area (Å²) < 4.78 is 1.98. The van der Waals surface area contributed by atoms with Gasteiger partial charge in [-0.05, 0) is 36.3 Å². The van der Waals surface area contributed by atoms with Crippen LogP contribution in [0.25, 0.3) is 0 Å². The molecule has 1 aromatic heterocycles. The second-order valence-corrected chi connectivity index (χ2v) is 4.49. The largest absolute Gasteiger partial charge is 0.269 e. The molecule has 20 heavy (non-hydrogen) atoms. The molecule has 0 bridgehead atoms. The van der Waals surface area contributed by atoms with Crippen molar-refractivity contribution in [3.63, 3.8) is 0 Å². The van der Waals surface area contributed by atoms with Gasteiger partial charge in [-0.3, -0.25) is 15.2 Å². The Labute approximate surface area is 120 Å². The number of nitrogens with one attached hydrogen (secondary N) is 1. The molecule has 0 fully saturated rings. The van der Waals surface area contributed by atoms with Crippen LogP contribution in [-0.4, -0.2) is 26.0 Å². The molecule has 1 heterocycles. The highest BCUT2D eigenvalue weighted by atomic mass is 32.1. The highest BCUT2D eigenvalue weighted by Crippen LogP contribution is 2.10. The van der Waals surface area contributed by atoms with Crippen LogP contribution in [0.4, 0.5) is 5.69 Å². The highest BCUT2D eigenvalue weighted by molar-refractivity contribution is 7.71. The van der Waals surface area contributed by atoms with E-state index >= 15 is 0 Å². The molecule has 0 radical (unpaired) electrons. The maximum absolute atomic E-state index is 10.6. The number of aromatic amines is 1. The molecule has 0 spiro atoms. The molecule has 2 aromatic rings. The zero-order valence-corrected chi connectivity index (χ0v) is 11.6. The molecule has 0 aliphatic rings. The molecule has 104 valence electrons. The molecular weight excluding hydrogens is 278 g/mol. The standard InChI is InChI=1S/C12H13N5O2S/c1-2-3-11-14-15-12(20)16(11)13-8-9-4-6-10(7-5-9)17(18)19/h4-8H,2-3H2,1H3,(H,15,20)/b13-8+. The lowest BCUT2D eigenvalue weighted by Gasteiger charge is -1.98. The Hall–Kier alpha value is -2.35. The monoisotopic (exact) mass is 291 g/mol. The fraction of sp³-hybridized carbons (Fsp3) is 0.250. The quantitative estimate of drug-likeness (QED) is 0.397. The SMILES string of the molecule is CCCc1n[nH]c(=S)n1/N=C/c1ccc([N+](=O)[O-])cc1. The summed E-state index contributed by atoms with van der Waals surface area (Å²) in [5, 5.41) is 21.6. The zero-order valence-electron chi connectivity index (χ0n) is 10.8. The van der Waals surface area contributed by atoms with Gasteiger partial charge in [-0.2, -0.15) is 14.9 Å². The molecule has 0 aliphatic heterocycles. The Balaban J connectivity index is 2.23. The third kappa shape index (κ3) is 3.15. The maximum atomic E-state index is 10.6. The first-order valence-electron chi connectivity index (χ1n) is 6.07. The first-order valence-corrected chi connectivity index (χ1v) is 6.47. The van der Waals surface area contributed by atoms with Gasteiger partial charge in [-0.1, -0.05) is 6.92 Å². The van der Waals surface area contributed by atoms with E-state index in [2.05, 4.69) is 15.3 Å². The van der Waals surface area contributed by atoms with E-state index in [0.29, 0.717) is 4.77 Å². The summed E-state index contributed by atoms with van der Waals surface area (Å²) in [5.41, 5.74) is 0.801. The van der Waals surface area contributed by atoms with Gasteiger partial charge in [0.1, 0.15) is 0 Å². The van der Waals surface area contributed by atoms with Gasteiger partial charge in [-0.15, -0.1) is 0 Å². The van der Waals surface area contributed by atoms with E-state index in [1.807, 2.05) is 6.92 Å². The van der Waals surface area contributed by atoms with Crippen LogP contribution in [0.3, 0.4) is 0 Å². The van der Waals surface area contributed by atoms with Gasteiger partial charge in [0.15, 0.2) is 5.82 Å². The summed E-state index contributed by atoms with van der Waals surface area (Å²) in [6.45, 7) is 2.04. The van der Waals surface area contributed by atoms with Crippen molar-refractivity contribution in [1.82, 2.24) is 14.9 Å². The van der Waals surface area contributed by atoms with Gasteiger partial charge in [0.2, 0.25) is 4.77 Å². The van der Waals surface area contributed by atoms with Gasteiger partial charge < -0.3 is 0 Å². The van der Waals surface area contributed by atoms with Crippen LogP contribution < -0.4 is 0 Å². The Morgan fingerprint density at radius 1 is 1.50 bits per heavy atom. The minimum atomic E-state index is -0.438. The first-order chi connectivity index (χ1) is 9.61. The van der Waals surface area contributed by atoms with Gasteiger partial charge in [-0.25, -0.2) is 0 Å². The second kappa shape index (κ2) is 6.20. The Morgan fingerprint density at radius 2 is 2.20 bits per heavy atom. The van der Waals surface area contributed by atoms with Crippen molar-refractivity contribution in [3.05, 3.63) is 50.5 Å². The summed E-state index contributed by atoms with van der Waals surface area (Å²) in [4.78, 5) is 10.1. The molecule has 0 atom stereocenters. The summed E-state index contributed by atoms with van der Waals surface area (Å²) in [6, 6.07) is 6.13. The summed E-state index contributed by atoms with van der Waals surface area (Å²) in [7, 11) is 0. The molecule has 0 aliphatic carbocycles. The second-order valence-electron chi connectivity index (χ2n) is 4.10. The number of hydrogen-bond acceptors (Lipinski definition) is 5. The van der Waals surface area contributed by atoms with Crippen molar-refractivity contribution in [3.8, 4) is 0 Å². The topological polar surface area (TPSA) is 89.1 Å². The normalized spacial score (nSPS) is 11.1. The number of non-ortho nitro benzene ring substituents is 1. The van der Waals surface area contributed by atoms with Crippen LogP contribution in [0.1, 0.15) is 24.7 Å². The summed E-state index contributed by atoms with van der Waals surface area (Å²) in [5.74, 6) is 0.760. The van der Waals surface area contributed by atoms with Crippen molar-refractivity contribution in [2.75, 3.05) is 0 Å². The molecule has 8 heteroatoms. The Bertz CT molecular complexity index is 687. The maximum Gasteiger partial charge on any atom is 0.269 e. The lowest BCUT2D eigenvalue weighted by atomic mass is 10.2. The van der Waals surface area contributed by atoms with Gasteiger partial charge >= 0.3 is 0 Å². The molecule has 1 N–H and O–H groups in total. The minimum Gasteiger partial charge on any atom is -0.258 e. The fourth-order valence-electron chi connectivity index (χ4n) is 1.64. The number of aryl methyl sites for hydroxylation is 1. The molecule has 1 aromatic carbocycles. The van der Waals surface area contributed by atoms with E-state index < -0.39 is 4.92 Å². The smallest absolute Gasteiger partial charge is 0.258 e. The predicted molar refractivity (Wildman–Crippen MR) is 77.5 cm³/mol. The molecule has 0 saturated heterocycles. The molecule has 0 amide bonds. The van der Waals surface area contributed by atoms with Crippen molar-refractivity contribution in [1.29, 1.82) is 0 Å². The van der Waals surface area contributed by atoms with Crippen LogP contribution in [0.5, 0.6) is 0 Å². The lowest BCUT2D eigenvalue weighted by Crippen LogP contribution is -1.98. The van der Waals surface area contributed by atoms with E-state index in [1.54, 1.807) is 23.0 Å². The summed E-state index contributed by atoms with van der Waals surface area (Å²) >= 11 is 5.10. The number of nitro benzene ring substituents is 1. The van der Waals surface area contributed by atoms with Crippen molar-refractivity contribution in [2.45, 2.75) is 19.8 Å². The molecule has 0 unspecified atom stereocenters. The number of nitrogens with zero attached hydrogens (tertiary/aromatic N) is 4. The van der Waals surface area contributed by atoms with Crippen molar-refractivity contribution in [2.24, 2.45) is 5.10 Å². The predicted octanol–water partition coefficient (Wildman–Crippen LogP) is 2.68. The fourth-order valence-corrected chi connectivity index (χ4v) is 1.83.